The van der Waals surface area contributed by atoms with E-state index in [4.69, 9.17) is 9.84 Å². The molecular formula is C12H18N2O5S. The van der Waals surface area contributed by atoms with Crippen LogP contribution in [0.5, 0.6) is 0 Å². The van der Waals surface area contributed by atoms with Gasteiger partial charge in [-0.05, 0) is 25.1 Å². The Hall–Kier alpha value is -1.64. The second-order valence-corrected chi connectivity index (χ2v) is 5.93. The lowest BCUT2D eigenvalue weighted by Crippen LogP contribution is -2.36. The summed E-state index contributed by atoms with van der Waals surface area (Å²) in [4.78, 5) is 10.8. The zero-order valence-electron chi connectivity index (χ0n) is 11.5. The van der Waals surface area contributed by atoms with Crippen molar-refractivity contribution in [1.29, 1.82) is 0 Å². The molecule has 112 valence electrons. The average Bonchev–Trinajstić information content (AvgIpc) is 2.37. The highest BCUT2D eigenvalue weighted by Gasteiger charge is 2.22. The van der Waals surface area contributed by atoms with Crippen LogP contribution in [-0.2, 0) is 14.8 Å². The van der Waals surface area contributed by atoms with Crippen molar-refractivity contribution in [2.75, 3.05) is 26.1 Å². The minimum atomic E-state index is -3.84. The molecule has 0 saturated heterocycles. The van der Waals surface area contributed by atoms with Gasteiger partial charge in [-0.1, -0.05) is 0 Å². The van der Waals surface area contributed by atoms with Crippen LogP contribution in [-0.4, -0.2) is 46.3 Å². The summed E-state index contributed by atoms with van der Waals surface area (Å²) in [5.74, 6) is -1.19. The van der Waals surface area contributed by atoms with Gasteiger partial charge in [-0.3, -0.25) is 0 Å². The van der Waals surface area contributed by atoms with E-state index >= 15 is 0 Å². The van der Waals surface area contributed by atoms with E-state index in [0.29, 0.717) is 5.69 Å². The van der Waals surface area contributed by atoms with Crippen LogP contribution in [0.3, 0.4) is 0 Å². The van der Waals surface area contributed by atoms with E-state index in [1.165, 1.54) is 19.2 Å². The van der Waals surface area contributed by atoms with Crippen LogP contribution in [0.1, 0.15) is 17.3 Å². The zero-order chi connectivity index (χ0) is 15.3. The zero-order valence-corrected chi connectivity index (χ0v) is 12.3. The third-order valence-corrected chi connectivity index (χ3v) is 4.19. The maximum Gasteiger partial charge on any atom is 0.335 e. The summed E-state index contributed by atoms with van der Waals surface area (Å²) in [7, 11) is -0.806. The van der Waals surface area contributed by atoms with Gasteiger partial charge in [0.2, 0.25) is 10.0 Å². The molecular weight excluding hydrogens is 284 g/mol. The fourth-order valence-corrected chi connectivity index (χ4v) is 3.16. The van der Waals surface area contributed by atoms with Crippen molar-refractivity contribution in [3.8, 4) is 0 Å². The molecule has 0 heterocycles. The van der Waals surface area contributed by atoms with Crippen molar-refractivity contribution in [3.63, 3.8) is 0 Å². The second-order valence-electron chi connectivity index (χ2n) is 4.24. The van der Waals surface area contributed by atoms with Crippen molar-refractivity contribution in [3.05, 3.63) is 23.8 Å². The molecule has 0 amide bonds. The van der Waals surface area contributed by atoms with Crippen molar-refractivity contribution >= 4 is 21.7 Å². The molecule has 1 rings (SSSR count). The number of benzene rings is 1. The summed E-state index contributed by atoms with van der Waals surface area (Å²) in [6, 6.07) is 3.45. The number of carbonyl (C=O) groups is 1. The Morgan fingerprint density at radius 2 is 2.10 bits per heavy atom. The van der Waals surface area contributed by atoms with Gasteiger partial charge < -0.3 is 15.2 Å². The summed E-state index contributed by atoms with van der Waals surface area (Å²) in [6.07, 6.45) is 0. The Labute approximate surface area is 118 Å². The van der Waals surface area contributed by atoms with Crippen LogP contribution >= 0.6 is 0 Å². The highest BCUT2D eigenvalue weighted by molar-refractivity contribution is 7.89. The molecule has 0 saturated carbocycles. The van der Waals surface area contributed by atoms with Gasteiger partial charge in [-0.2, -0.15) is 0 Å². The summed E-state index contributed by atoms with van der Waals surface area (Å²) in [5, 5.41) is 11.7. The lowest BCUT2D eigenvalue weighted by Gasteiger charge is -2.16. The summed E-state index contributed by atoms with van der Waals surface area (Å²) in [6.45, 7) is 1.87. The number of aromatic carboxylic acids is 1. The molecule has 1 aromatic carbocycles. The van der Waals surface area contributed by atoms with Gasteiger partial charge >= 0.3 is 5.97 Å². The number of hydrogen-bond donors (Lipinski definition) is 3. The van der Waals surface area contributed by atoms with Gasteiger partial charge in [0.1, 0.15) is 4.90 Å². The Balaban J connectivity index is 3.21. The van der Waals surface area contributed by atoms with Crippen molar-refractivity contribution < 1.29 is 23.1 Å². The molecule has 0 spiro atoms. The Kier molecular flexibility index (Phi) is 5.49. The quantitative estimate of drug-likeness (QED) is 0.686. The smallest absolute Gasteiger partial charge is 0.335 e. The molecule has 8 heteroatoms. The Bertz CT molecular complexity index is 586. The SMILES string of the molecule is CNc1ccc(C(=O)O)cc1S(=O)(=O)NC(C)COC. The molecule has 7 nitrogen and oxygen atoms in total. The molecule has 0 radical (unpaired) electrons. The molecule has 0 bridgehead atoms. The molecule has 0 aromatic heterocycles. The first kappa shape index (κ1) is 16.4. The predicted octanol–water partition coefficient (Wildman–Crippen LogP) is 0.740. The molecule has 1 unspecified atom stereocenters. The Morgan fingerprint density at radius 3 is 2.60 bits per heavy atom. The molecule has 1 atom stereocenters. The molecule has 0 aliphatic rings. The van der Waals surface area contributed by atoms with Gasteiger partial charge in [0.25, 0.3) is 0 Å². The van der Waals surface area contributed by atoms with Gasteiger partial charge in [0, 0.05) is 20.2 Å². The van der Waals surface area contributed by atoms with Gasteiger partial charge in [0.15, 0.2) is 0 Å². The number of anilines is 1. The molecule has 20 heavy (non-hydrogen) atoms. The van der Waals surface area contributed by atoms with E-state index in [0.717, 1.165) is 6.07 Å². The van der Waals surface area contributed by atoms with Crippen molar-refractivity contribution in [2.24, 2.45) is 0 Å². The molecule has 0 aliphatic heterocycles. The average molecular weight is 302 g/mol. The molecule has 0 aliphatic carbocycles. The van der Waals surface area contributed by atoms with Crippen LogP contribution in [0.15, 0.2) is 23.1 Å². The first-order valence-corrected chi connectivity index (χ1v) is 7.36. The number of rotatable bonds is 7. The molecule has 1 aromatic rings. The fraction of sp³-hybridized carbons (Fsp3) is 0.417. The maximum absolute atomic E-state index is 12.3. The van der Waals surface area contributed by atoms with Gasteiger partial charge in [-0.15, -0.1) is 0 Å². The van der Waals surface area contributed by atoms with E-state index in [9.17, 15) is 13.2 Å². The summed E-state index contributed by atoms with van der Waals surface area (Å²) < 4.78 is 31.8. The van der Waals surface area contributed by atoms with Crippen molar-refractivity contribution in [1.82, 2.24) is 4.72 Å². The summed E-state index contributed by atoms with van der Waals surface area (Å²) in [5.41, 5.74) is 0.232. The monoisotopic (exact) mass is 302 g/mol. The highest BCUT2D eigenvalue weighted by Crippen LogP contribution is 2.22. The number of ether oxygens (including phenoxy) is 1. The van der Waals surface area contributed by atoms with E-state index in [1.54, 1.807) is 14.0 Å². The van der Waals surface area contributed by atoms with E-state index < -0.39 is 22.0 Å². The topological polar surface area (TPSA) is 105 Å². The minimum Gasteiger partial charge on any atom is -0.478 e. The lowest BCUT2D eigenvalue weighted by molar-refractivity contribution is 0.0696. The van der Waals surface area contributed by atoms with Gasteiger partial charge in [-0.25, -0.2) is 17.9 Å². The number of carboxylic acid groups (broad SMARTS) is 1. The molecule has 3 N–H and O–H groups in total. The highest BCUT2D eigenvalue weighted by atomic mass is 32.2. The van der Waals surface area contributed by atoms with E-state index in [2.05, 4.69) is 10.0 Å². The fourth-order valence-electron chi connectivity index (χ4n) is 1.70. The number of methoxy groups -OCH3 is 1. The minimum absolute atomic E-state index is 0.0937. The third kappa shape index (κ3) is 3.92. The Morgan fingerprint density at radius 1 is 1.45 bits per heavy atom. The first-order valence-electron chi connectivity index (χ1n) is 5.88. The first-order chi connectivity index (χ1) is 9.31. The standard InChI is InChI=1S/C12H18N2O5S/c1-8(7-19-3)14-20(17,18)11-6-9(12(15)16)4-5-10(11)13-2/h4-6,8,13-14H,7H2,1-3H3,(H,15,16). The largest absolute Gasteiger partial charge is 0.478 e. The summed E-state index contributed by atoms with van der Waals surface area (Å²) >= 11 is 0. The second kappa shape index (κ2) is 6.69. The van der Waals surface area contributed by atoms with Crippen LogP contribution in [0, 0.1) is 0 Å². The number of nitrogens with one attached hydrogen (secondary N) is 2. The van der Waals surface area contributed by atoms with E-state index in [1.807, 2.05) is 0 Å². The lowest BCUT2D eigenvalue weighted by atomic mass is 10.2. The van der Waals surface area contributed by atoms with Crippen LogP contribution in [0.25, 0.3) is 0 Å². The number of carboxylic acids is 1. The van der Waals surface area contributed by atoms with Gasteiger partial charge in [0.05, 0.1) is 17.9 Å². The third-order valence-electron chi connectivity index (χ3n) is 2.56. The van der Waals surface area contributed by atoms with Crippen LogP contribution in [0.2, 0.25) is 0 Å². The van der Waals surface area contributed by atoms with Crippen LogP contribution in [0.4, 0.5) is 5.69 Å². The van der Waals surface area contributed by atoms with Crippen molar-refractivity contribution in [2.45, 2.75) is 17.9 Å². The van der Waals surface area contributed by atoms with Crippen LogP contribution < -0.4 is 10.0 Å². The number of sulfonamides is 1. The normalized spacial score (nSPS) is 12.9. The van der Waals surface area contributed by atoms with E-state index in [-0.39, 0.29) is 17.1 Å². The molecule has 0 fully saturated rings. The predicted molar refractivity (Wildman–Crippen MR) is 74.6 cm³/mol. The maximum atomic E-state index is 12.3. The number of hydrogen-bond acceptors (Lipinski definition) is 5.